The molecule has 0 aliphatic rings. The zero-order chi connectivity index (χ0) is 15.4. The number of hydrogen-bond donors (Lipinski definition) is 0. The summed E-state index contributed by atoms with van der Waals surface area (Å²) in [6.45, 7) is 0. The second-order valence-corrected chi connectivity index (χ2v) is 5.61. The average Bonchev–Trinajstić information content (AvgIpc) is 2.85. The predicted molar refractivity (Wildman–Crippen MR) is 82.4 cm³/mol. The second kappa shape index (κ2) is 6.62. The maximum atomic E-state index is 11.6. The Balaban J connectivity index is 2.14. The normalized spacial score (nSPS) is 10.5. The summed E-state index contributed by atoms with van der Waals surface area (Å²) in [7, 11) is 7.00. The number of carbonyl (C=O) groups excluding carboxylic acids is 1. The zero-order valence-electron chi connectivity index (χ0n) is 12.5. The van der Waals surface area contributed by atoms with Crippen molar-refractivity contribution in [3.63, 3.8) is 0 Å². The van der Waals surface area contributed by atoms with Crippen molar-refractivity contribution >= 4 is 17.7 Å². The van der Waals surface area contributed by atoms with Gasteiger partial charge in [-0.3, -0.25) is 4.79 Å². The molecule has 1 heterocycles. The molecule has 0 fully saturated rings. The van der Waals surface area contributed by atoms with Crippen LogP contribution in [0.1, 0.15) is 0 Å². The molecule has 0 aliphatic heterocycles. The summed E-state index contributed by atoms with van der Waals surface area (Å²) in [6, 6.07) is 7.63. The Hall–Kier alpha value is -2.02. The van der Waals surface area contributed by atoms with Crippen LogP contribution in [0.5, 0.6) is 5.75 Å². The van der Waals surface area contributed by atoms with Crippen molar-refractivity contribution in [2.75, 3.05) is 27.0 Å². The van der Waals surface area contributed by atoms with E-state index < -0.39 is 0 Å². The molecule has 1 amide bonds. The summed E-state index contributed by atoms with van der Waals surface area (Å²) in [5, 5.41) is 9.05. The molecule has 0 saturated carbocycles. The highest BCUT2D eigenvalue weighted by molar-refractivity contribution is 7.99. The van der Waals surface area contributed by atoms with Gasteiger partial charge in [-0.1, -0.05) is 11.8 Å². The van der Waals surface area contributed by atoms with Crippen LogP contribution in [0.25, 0.3) is 11.4 Å². The molecule has 0 atom stereocenters. The molecule has 2 aromatic rings. The van der Waals surface area contributed by atoms with Gasteiger partial charge in [0.15, 0.2) is 11.0 Å². The molecule has 1 aromatic heterocycles. The third-order valence-corrected chi connectivity index (χ3v) is 4.01. The van der Waals surface area contributed by atoms with Crippen molar-refractivity contribution in [1.29, 1.82) is 0 Å². The van der Waals surface area contributed by atoms with Crippen LogP contribution in [0.15, 0.2) is 29.4 Å². The van der Waals surface area contributed by atoms with Gasteiger partial charge in [-0.05, 0) is 24.3 Å². The maximum Gasteiger partial charge on any atom is 0.232 e. The molecule has 0 radical (unpaired) electrons. The van der Waals surface area contributed by atoms with Gasteiger partial charge in [-0.2, -0.15) is 0 Å². The standard InChI is InChI=1S/C14H18N4O2S/c1-17(2)12(19)9-21-14-16-15-13(18(14)3)10-5-7-11(20-4)8-6-10/h5-8H,9H2,1-4H3. The summed E-state index contributed by atoms with van der Waals surface area (Å²) in [6.07, 6.45) is 0. The highest BCUT2D eigenvalue weighted by Crippen LogP contribution is 2.24. The molecule has 0 N–H and O–H groups in total. The maximum absolute atomic E-state index is 11.6. The molecule has 6 nitrogen and oxygen atoms in total. The summed E-state index contributed by atoms with van der Waals surface area (Å²) in [4.78, 5) is 13.2. The first-order valence-electron chi connectivity index (χ1n) is 6.39. The van der Waals surface area contributed by atoms with Gasteiger partial charge in [-0.25, -0.2) is 0 Å². The number of thioether (sulfide) groups is 1. The molecule has 0 aliphatic carbocycles. The van der Waals surface area contributed by atoms with Gasteiger partial charge in [0.1, 0.15) is 5.75 Å². The minimum atomic E-state index is 0.0500. The van der Waals surface area contributed by atoms with Gasteiger partial charge < -0.3 is 14.2 Å². The van der Waals surface area contributed by atoms with E-state index in [0.717, 1.165) is 22.3 Å². The Morgan fingerprint density at radius 1 is 1.29 bits per heavy atom. The van der Waals surface area contributed by atoms with Crippen LogP contribution in [-0.2, 0) is 11.8 Å². The SMILES string of the molecule is COc1ccc(-c2nnc(SCC(=O)N(C)C)n2C)cc1. The monoisotopic (exact) mass is 306 g/mol. The number of methoxy groups -OCH3 is 1. The second-order valence-electron chi connectivity index (χ2n) is 4.67. The molecular weight excluding hydrogens is 288 g/mol. The Bertz CT molecular complexity index is 622. The number of ether oxygens (including phenoxy) is 1. The first kappa shape index (κ1) is 15.4. The van der Waals surface area contributed by atoms with Gasteiger partial charge in [-0.15, -0.1) is 10.2 Å². The fourth-order valence-electron chi connectivity index (χ4n) is 1.69. The number of amides is 1. The van der Waals surface area contributed by atoms with Crippen molar-refractivity contribution < 1.29 is 9.53 Å². The molecule has 7 heteroatoms. The summed E-state index contributed by atoms with van der Waals surface area (Å²) in [5.74, 6) is 1.96. The third-order valence-electron chi connectivity index (χ3n) is 3.01. The van der Waals surface area contributed by atoms with Gasteiger partial charge in [0.25, 0.3) is 0 Å². The van der Waals surface area contributed by atoms with E-state index in [1.54, 1.807) is 26.1 Å². The lowest BCUT2D eigenvalue weighted by Gasteiger charge is -2.09. The molecule has 21 heavy (non-hydrogen) atoms. The molecule has 0 saturated heterocycles. The number of carbonyl (C=O) groups is 1. The highest BCUT2D eigenvalue weighted by atomic mass is 32.2. The fourth-order valence-corrected chi connectivity index (χ4v) is 2.58. The van der Waals surface area contributed by atoms with Gasteiger partial charge in [0.05, 0.1) is 12.9 Å². The molecule has 1 aromatic carbocycles. The average molecular weight is 306 g/mol. The summed E-state index contributed by atoms with van der Waals surface area (Å²) < 4.78 is 7.02. The van der Waals surface area contributed by atoms with E-state index in [2.05, 4.69) is 10.2 Å². The Kier molecular flexibility index (Phi) is 4.85. The Morgan fingerprint density at radius 2 is 1.95 bits per heavy atom. The number of hydrogen-bond acceptors (Lipinski definition) is 5. The third kappa shape index (κ3) is 3.55. The van der Waals surface area contributed by atoms with E-state index >= 15 is 0 Å². The Labute approximate surface area is 128 Å². The van der Waals surface area contributed by atoms with Crippen LogP contribution < -0.4 is 4.74 Å². The first-order chi connectivity index (χ1) is 10.0. The van der Waals surface area contributed by atoms with Gasteiger partial charge >= 0.3 is 0 Å². The van der Waals surface area contributed by atoms with Crippen LogP contribution in [0.2, 0.25) is 0 Å². The smallest absolute Gasteiger partial charge is 0.232 e. The topological polar surface area (TPSA) is 60.3 Å². The lowest BCUT2D eigenvalue weighted by molar-refractivity contribution is -0.125. The van der Waals surface area contributed by atoms with Crippen LogP contribution in [0.4, 0.5) is 0 Å². The van der Waals surface area contributed by atoms with E-state index in [0.29, 0.717) is 5.75 Å². The zero-order valence-corrected chi connectivity index (χ0v) is 13.3. The highest BCUT2D eigenvalue weighted by Gasteiger charge is 2.13. The number of benzene rings is 1. The molecule has 112 valence electrons. The molecular formula is C14H18N4O2S. The quantitative estimate of drug-likeness (QED) is 0.786. The van der Waals surface area contributed by atoms with E-state index in [1.165, 1.54) is 11.8 Å². The van der Waals surface area contributed by atoms with Crippen molar-refractivity contribution in [2.45, 2.75) is 5.16 Å². The lowest BCUT2D eigenvalue weighted by Crippen LogP contribution is -2.23. The van der Waals surface area contributed by atoms with Crippen LogP contribution in [0.3, 0.4) is 0 Å². The van der Waals surface area contributed by atoms with Crippen LogP contribution in [-0.4, -0.2) is 52.5 Å². The largest absolute Gasteiger partial charge is 0.497 e. The van der Waals surface area contributed by atoms with E-state index in [9.17, 15) is 4.79 Å². The predicted octanol–water partition coefficient (Wildman–Crippen LogP) is 1.67. The molecule has 0 unspecified atom stereocenters. The van der Waals surface area contributed by atoms with Crippen molar-refractivity contribution in [3.8, 4) is 17.1 Å². The Morgan fingerprint density at radius 3 is 2.52 bits per heavy atom. The fraction of sp³-hybridized carbons (Fsp3) is 0.357. The van der Waals surface area contributed by atoms with Crippen molar-refractivity contribution in [1.82, 2.24) is 19.7 Å². The lowest BCUT2D eigenvalue weighted by atomic mass is 10.2. The molecule has 0 spiro atoms. The van der Waals surface area contributed by atoms with E-state index in [-0.39, 0.29) is 5.91 Å². The van der Waals surface area contributed by atoms with Gasteiger partial charge in [0, 0.05) is 26.7 Å². The molecule has 0 bridgehead atoms. The van der Waals surface area contributed by atoms with Gasteiger partial charge in [0.2, 0.25) is 5.91 Å². The summed E-state index contributed by atoms with van der Waals surface area (Å²) >= 11 is 1.38. The van der Waals surface area contributed by atoms with E-state index in [4.69, 9.17) is 4.74 Å². The minimum absolute atomic E-state index is 0.0500. The molecule has 2 rings (SSSR count). The van der Waals surface area contributed by atoms with Crippen LogP contribution in [0, 0.1) is 0 Å². The van der Waals surface area contributed by atoms with Crippen molar-refractivity contribution in [2.24, 2.45) is 7.05 Å². The number of nitrogens with zero attached hydrogens (tertiary/aromatic N) is 4. The first-order valence-corrected chi connectivity index (χ1v) is 7.38. The number of rotatable bonds is 5. The summed E-state index contributed by atoms with van der Waals surface area (Å²) in [5.41, 5.74) is 0.955. The minimum Gasteiger partial charge on any atom is -0.497 e. The number of aromatic nitrogens is 3. The van der Waals surface area contributed by atoms with Crippen molar-refractivity contribution in [3.05, 3.63) is 24.3 Å². The van der Waals surface area contributed by atoms with E-state index in [1.807, 2.05) is 35.9 Å². The van der Waals surface area contributed by atoms with Crippen LogP contribution >= 0.6 is 11.8 Å².